The molecule has 0 aliphatic heterocycles. The van der Waals surface area contributed by atoms with Crippen LogP contribution in [0.5, 0.6) is 0 Å². The number of hydrogen-bond donors (Lipinski definition) is 3. The van der Waals surface area contributed by atoms with Crippen LogP contribution in [-0.2, 0) is 4.79 Å². The zero-order valence-corrected chi connectivity index (χ0v) is 17.6. The SMILES string of the molecule is CCCCCC/C=C\CCCCCCCC[N+](CCO)(CCO)CC(=O)O. The van der Waals surface area contributed by atoms with Crippen molar-refractivity contribution in [3.05, 3.63) is 12.2 Å². The Labute approximate surface area is 166 Å². The highest BCUT2D eigenvalue weighted by atomic mass is 16.4. The van der Waals surface area contributed by atoms with E-state index < -0.39 is 5.97 Å². The van der Waals surface area contributed by atoms with Gasteiger partial charge in [0.15, 0.2) is 6.54 Å². The molecule has 0 aliphatic carbocycles. The molecule has 5 nitrogen and oxygen atoms in total. The molecule has 27 heavy (non-hydrogen) atoms. The Balaban J connectivity index is 3.75. The predicted molar refractivity (Wildman–Crippen MR) is 112 cm³/mol. The second-order valence-electron chi connectivity index (χ2n) is 7.74. The van der Waals surface area contributed by atoms with Gasteiger partial charge < -0.3 is 19.8 Å². The fourth-order valence-corrected chi connectivity index (χ4v) is 3.62. The second kappa shape index (κ2) is 18.5. The summed E-state index contributed by atoms with van der Waals surface area (Å²) in [5.41, 5.74) is 0. The van der Waals surface area contributed by atoms with E-state index in [0.717, 1.165) is 12.8 Å². The Kier molecular flexibility index (Phi) is 17.8. The van der Waals surface area contributed by atoms with Crippen LogP contribution in [0.2, 0.25) is 0 Å². The topological polar surface area (TPSA) is 77.8 Å². The molecule has 0 heterocycles. The highest BCUT2D eigenvalue weighted by molar-refractivity contribution is 5.67. The molecule has 0 aromatic rings. The van der Waals surface area contributed by atoms with Crippen LogP contribution in [0.4, 0.5) is 0 Å². The van der Waals surface area contributed by atoms with Gasteiger partial charge in [0.1, 0.15) is 13.1 Å². The summed E-state index contributed by atoms with van der Waals surface area (Å²) < 4.78 is 0.283. The van der Waals surface area contributed by atoms with Crippen LogP contribution in [0.3, 0.4) is 0 Å². The summed E-state index contributed by atoms with van der Waals surface area (Å²) in [4.78, 5) is 11.1. The maximum Gasteiger partial charge on any atom is 0.359 e. The van der Waals surface area contributed by atoms with Gasteiger partial charge in [-0.25, -0.2) is 4.79 Å². The molecule has 0 radical (unpaired) electrons. The highest BCUT2D eigenvalue weighted by Gasteiger charge is 2.28. The van der Waals surface area contributed by atoms with E-state index in [9.17, 15) is 15.0 Å². The first-order valence-electron chi connectivity index (χ1n) is 11.0. The van der Waals surface area contributed by atoms with Crippen LogP contribution in [0.1, 0.15) is 84.0 Å². The van der Waals surface area contributed by atoms with Gasteiger partial charge in [-0.3, -0.25) is 0 Å². The van der Waals surface area contributed by atoms with Gasteiger partial charge in [-0.05, 0) is 38.5 Å². The number of carboxylic acid groups (broad SMARTS) is 1. The van der Waals surface area contributed by atoms with Gasteiger partial charge in [-0.1, -0.05) is 57.6 Å². The normalized spacial score (nSPS) is 12.1. The van der Waals surface area contributed by atoms with E-state index in [-0.39, 0.29) is 24.2 Å². The number of aliphatic hydroxyl groups is 2. The highest BCUT2D eigenvalue weighted by Crippen LogP contribution is 2.13. The number of hydrogen-bond acceptors (Lipinski definition) is 3. The lowest BCUT2D eigenvalue weighted by Crippen LogP contribution is -2.55. The lowest BCUT2D eigenvalue weighted by atomic mass is 10.1. The van der Waals surface area contributed by atoms with Crippen molar-refractivity contribution in [2.45, 2.75) is 84.0 Å². The molecule has 0 spiro atoms. The Morgan fingerprint density at radius 1 is 0.741 bits per heavy atom. The average Bonchev–Trinajstić information content (AvgIpc) is 2.62. The molecular weight excluding hydrogens is 342 g/mol. The number of rotatable bonds is 20. The van der Waals surface area contributed by atoms with E-state index in [4.69, 9.17) is 5.11 Å². The third-order valence-corrected chi connectivity index (χ3v) is 5.26. The minimum Gasteiger partial charge on any atom is -0.477 e. The average molecular weight is 387 g/mol. The number of aliphatic hydroxyl groups excluding tert-OH is 2. The van der Waals surface area contributed by atoms with Crippen LogP contribution in [0, 0.1) is 0 Å². The number of carboxylic acids is 1. The first-order chi connectivity index (χ1) is 13.1. The van der Waals surface area contributed by atoms with Crippen molar-refractivity contribution in [2.75, 3.05) is 39.4 Å². The lowest BCUT2D eigenvalue weighted by Gasteiger charge is -2.36. The van der Waals surface area contributed by atoms with Gasteiger partial charge in [0.25, 0.3) is 0 Å². The molecule has 0 aromatic heterocycles. The van der Waals surface area contributed by atoms with Crippen molar-refractivity contribution in [2.24, 2.45) is 0 Å². The molecule has 5 heteroatoms. The Morgan fingerprint density at radius 3 is 1.70 bits per heavy atom. The lowest BCUT2D eigenvalue weighted by molar-refractivity contribution is -0.922. The van der Waals surface area contributed by atoms with E-state index in [1.54, 1.807) is 0 Å². The number of aliphatic carboxylic acids is 1. The summed E-state index contributed by atoms with van der Waals surface area (Å²) in [7, 11) is 0. The summed E-state index contributed by atoms with van der Waals surface area (Å²) in [5.74, 6) is -0.865. The van der Waals surface area contributed by atoms with Crippen LogP contribution in [-0.4, -0.2) is 65.2 Å². The van der Waals surface area contributed by atoms with E-state index in [1.807, 2.05) is 0 Å². The molecule has 0 atom stereocenters. The molecule has 0 unspecified atom stereocenters. The Bertz CT molecular complexity index is 365. The van der Waals surface area contributed by atoms with Crippen molar-refractivity contribution in [3.63, 3.8) is 0 Å². The predicted octanol–water partition coefficient (Wildman–Crippen LogP) is 4.13. The van der Waals surface area contributed by atoms with Crippen LogP contribution in [0.25, 0.3) is 0 Å². The smallest absolute Gasteiger partial charge is 0.359 e. The van der Waals surface area contributed by atoms with Gasteiger partial charge in [-0.2, -0.15) is 0 Å². The molecule has 0 aliphatic rings. The van der Waals surface area contributed by atoms with Crippen molar-refractivity contribution in [1.29, 1.82) is 0 Å². The summed E-state index contributed by atoms with van der Waals surface area (Å²) >= 11 is 0. The molecule has 0 aromatic carbocycles. The Morgan fingerprint density at radius 2 is 1.22 bits per heavy atom. The molecule has 0 amide bonds. The van der Waals surface area contributed by atoms with Gasteiger partial charge >= 0.3 is 5.97 Å². The fourth-order valence-electron chi connectivity index (χ4n) is 3.62. The fraction of sp³-hybridized carbons (Fsp3) is 0.864. The van der Waals surface area contributed by atoms with Crippen LogP contribution < -0.4 is 0 Å². The maximum atomic E-state index is 11.1. The molecule has 0 rings (SSSR count). The number of nitrogens with zero attached hydrogens (tertiary/aromatic N) is 1. The standard InChI is InChI=1S/C22H43NO4/c1-2-3-4-5-6-7-8-9-10-11-12-13-14-15-16-23(17-19-24,18-20-25)21-22(26)27/h7-8,24-25H,2-6,9-21H2,1H3/p+1/b8-7-. The Hall–Kier alpha value is -0.910. The molecule has 0 saturated carbocycles. The van der Waals surface area contributed by atoms with Gasteiger partial charge in [0, 0.05) is 0 Å². The van der Waals surface area contributed by atoms with E-state index in [0.29, 0.717) is 19.6 Å². The largest absolute Gasteiger partial charge is 0.477 e. The molecule has 3 N–H and O–H groups in total. The number of quaternary nitrogens is 1. The summed E-state index contributed by atoms with van der Waals surface area (Å²) in [6.07, 6.45) is 19.3. The first kappa shape index (κ1) is 26.1. The van der Waals surface area contributed by atoms with Crippen molar-refractivity contribution >= 4 is 5.97 Å². The second-order valence-corrected chi connectivity index (χ2v) is 7.74. The first-order valence-corrected chi connectivity index (χ1v) is 11.0. The van der Waals surface area contributed by atoms with E-state index >= 15 is 0 Å². The maximum absolute atomic E-state index is 11.1. The summed E-state index contributed by atoms with van der Waals surface area (Å²) in [6.45, 7) is 3.65. The molecule has 0 fully saturated rings. The third-order valence-electron chi connectivity index (χ3n) is 5.26. The van der Waals surface area contributed by atoms with E-state index in [1.165, 1.54) is 64.2 Å². The summed E-state index contributed by atoms with van der Waals surface area (Å²) in [6, 6.07) is 0. The zero-order valence-electron chi connectivity index (χ0n) is 17.6. The van der Waals surface area contributed by atoms with E-state index in [2.05, 4.69) is 19.1 Å². The number of unbranched alkanes of at least 4 members (excludes halogenated alkanes) is 10. The van der Waals surface area contributed by atoms with Gasteiger partial charge in [-0.15, -0.1) is 0 Å². The molecule has 160 valence electrons. The molecular formula is C22H44NO4+. The minimum absolute atomic E-state index is 0.0219. The zero-order chi connectivity index (χ0) is 20.2. The number of carbonyl (C=O) groups is 1. The van der Waals surface area contributed by atoms with Crippen LogP contribution in [0.15, 0.2) is 12.2 Å². The van der Waals surface area contributed by atoms with Crippen LogP contribution >= 0.6 is 0 Å². The number of allylic oxidation sites excluding steroid dienone is 2. The summed E-state index contributed by atoms with van der Waals surface area (Å²) in [5, 5.41) is 27.7. The minimum atomic E-state index is -0.865. The molecule has 0 saturated heterocycles. The van der Waals surface area contributed by atoms with Crippen molar-refractivity contribution in [1.82, 2.24) is 0 Å². The quantitative estimate of drug-likeness (QED) is 0.167. The third kappa shape index (κ3) is 15.8. The van der Waals surface area contributed by atoms with Crippen molar-refractivity contribution < 1.29 is 24.6 Å². The van der Waals surface area contributed by atoms with Gasteiger partial charge in [0.2, 0.25) is 0 Å². The van der Waals surface area contributed by atoms with Gasteiger partial charge in [0.05, 0.1) is 19.8 Å². The monoisotopic (exact) mass is 386 g/mol. The van der Waals surface area contributed by atoms with Crippen molar-refractivity contribution in [3.8, 4) is 0 Å². The molecule has 0 bridgehead atoms.